The third kappa shape index (κ3) is 4.31. The molecule has 6 heteroatoms. The summed E-state index contributed by atoms with van der Waals surface area (Å²) in [7, 11) is 2.88. The summed E-state index contributed by atoms with van der Waals surface area (Å²) in [6.07, 6.45) is 4.94. The molecule has 0 saturated heterocycles. The van der Waals surface area contributed by atoms with Crippen LogP contribution in [0.4, 0.5) is 0 Å². The van der Waals surface area contributed by atoms with Crippen LogP contribution in [0, 0.1) is 0 Å². The van der Waals surface area contributed by atoms with Gasteiger partial charge in [0.1, 0.15) is 0 Å². The first-order valence-electron chi connectivity index (χ1n) is 14.7. The Morgan fingerprint density at radius 3 is 1.36 bits per heavy atom. The Bertz CT molecular complexity index is 1850. The molecule has 0 spiro atoms. The fourth-order valence-electron chi connectivity index (χ4n) is 7.53. The van der Waals surface area contributed by atoms with Crippen LogP contribution < -0.4 is 15.9 Å². The quantitative estimate of drug-likeness (QED) is 0.165. The molecule has 1 heterocycles. The van der Waals surface area contributed by atoms with Crippen molar-refractivity contribution in [3.05, 3.63) is 164 Å². The minimum absolute atomic E-state index is 0.0288. The Kier molecular flexibility index (Phi) is 7.65. The van der Waals surface area contributed by atoms with Gasteiger partial charge in [0, 0.05) is 0 Å². The van der Waals surface area contributed by atoms with Gasteiger partial charge in [-0.25, -0.2) is 0 Å². The Morgan fingerprint density at radius 1 is 0.545 bits per heavy atom. The average molecular weight is 800 g/mol. The van der Waals surface area contributed by atoms with E-state index in [4.69, 9.17) is 5.63 Å². The van der Waals surface area contributed by atoms with Gasteiger partial charge in [0.2, 0.25) is 0 Å². The number of benzene rings is 5. The number of rotatable bonds is 5. The molecule has 5 aromatic carbocycles. The van der Waals surface area contributed by atoms with Crippen LogP contribution >= 0.6 is 39.8 Å². The molecular formula is C38H29Br2O2PZr. The second-order valence-electron chi connectivity index (χ2n) is 11.4. The van der Waals surface area contributed by atoms with E-state index in [0.717, 1.165) is 8.95 Å². The number of allylic oxidation sites excluding steroid dienone is 2. The van der Waals surface area contributed by atoms with Gasteiger partial charge in [-0.3, -0.25) is 0 Å². The molecular weight excluding hydrogens is 770 g/mol. The first-order chi connectivity index (χ1) is 21.6. The van der Waals surface area contributed by atoms with E-state index in [1.54, 1.807) is 0 Å². The molecule has 0 radical (unpaired) electrons. The van der Waals surface area contributed by atoms with E-state index in [1.807, 2.05) is 14.2 Å². The van der Waals surface area contributed by atoms with E-state index >= 15 is 0 Å². The van der Waals surface area contributed by atoms with Gasteiger partial charge in [-0.2, -0.15) is 0 Å². The SMILES string of the molecule is C[O][Zr]1([O]C)[C]2=Cc3c(ccc(Br)c3C2c2ccccc2)P(c2ccccc2)c2ccc(Br)c3c2C=[C]1C3c1ccccc1. The van der Waals surface area contributed by atoms with Crippen molar-refractivity contribution in [1.82, 2.24) is 0 Å². The van der Waals surface area contributed by atoms with Crippen LogP contribution in [0.1, 0.15) is 45.2 Å². The zero-order chi connectivity index (χ0) is 30.0. The average Bonchev–Trinajstić information content (AvgIpc) is 3.67. The summed E-state index contributed by atoms with van der Waals surface area (Å²) in [5.41, 5.74) is 7.78. The second kappa shape index (κ2) is 11.5. The summed E-state index contributed by atoms with van der Waals surface area (Å²) in [5, 5.41) is 4.09. The minimum atomic E-state index is -4.30. The van der Waals surface area contributed by atoms with E-state index in [2.05, 4.69) is 159 Å². The van der Waals surface area contributed by atoms with Crippen LogP contribution in [0.5, 0.6) is 0 Å². The number of hydrogen-bond acceptors (Lipinski definition) is 2. The normalized spacial score (nSPS) is 20.7. The van der Waals surface area contributed by atoms with Crippen molar-refractivity contribution in [1.29, 1.82) is 0 Å². The maximum atomic E-state index is 6.90. The molecule has 0 aromatic heterocycles. The zero-order valence-corrected chi connectivity index (χ0v) is 30.8. The number of hydrogen-bond donors (Lipinski definition) is 0. The van der Waals surface area contributed by atoms with Crippen molar-refractivity contribution in [2.75, 3.05) is 14.2 Å². The molecule has 216 valence electrons. The molecule has 0 N–H and O–H groups in total. The van der Waals surface area contributed by atoms with Gasteiger partial charge in [-0.05, 0) is 0 Å². The van der Waals surface area contributed by atoms with Crippen LogP contribution in [-0.2, 0) is 26.8 Å². The molecule has 5 aromatic rings. The maximum absolute atomic E-state index is 6.90. The molecule has 8 rings (SSSR count). The third-order valence-electron chi connectivity index (χ3n) is 9.32. The summed E-state index contributed by atoms with van der Waals surface area (Å²) in [4.78, 5) is 0. The Morgan fingerprint density at radius 2 is 0.955 bits per heavy atom. The standard InChI is InChI=1S/C36H23Br2P.2CH3O.Zr/c37-31-20-22-33(29-18-16-27(35(29)31)24-10-4-1-5-11-24)39(26-14-8-3-9-15-26)34-23-21-32(38)36-28(17-19-30(34)36)25-12-6-2-7-13-25;2*1-2;/h1-15,18-23,27-28H;2*1H3;/q;2*-1;+2. The monoisotopic (exact) mass is 796 g/mol. The van der Waals surface area contributed by atoms with Crippen LogP contribution in [0.15, 0.2) is 131 Å². The van der Waals surface area contributed by atoms with E-state index in [0.29, 0.717) is 0 Å². The van der Waals surface area contributed by atoms with Gasteiger partial charge in [-0.15, -0.1) is 0 Å². The van der Waals surface area contributed by atoms with Crippen molar-refractivity contribution in [3.63, 3.8) is 0 Å². The Hall–Kier alpha value is -2.23. The molecule has 2 unspecified atom stereocenters. The van der Waals surface area contributed by atoms with Crippen molar-refractivity contribution in [3.8, 4) is 0 Å². The van der Waals surface area contributed by atoms with Crippen molar-refractivity contribution < 1.29 is 26.8 Å². The topological polar surface area (TPSA) is 18.5 Å². The summed E-state index contributed by atoms with van der Waals surface area (Å²) in [5.74, 6) is 0.0576. The Labute approximate surface area is 282 Å². The first-order valence-corrected chi connectivity index (χ1v) is 22.1. The predicted molar refractivity (Wildman–Crippen MR) is 187 cm³/mol. The molecule has 2 nitrogen and oxygen atoms in total. The summed E-state index contributed by atoms with van der Waals surface area (Å²) < 4.78 is 18.7. The molecule has 1 aliphatic heterocycles. The molecule has 0 amide bonds. The van der Waals surface area contributed by atoms with Gasteiger partial charge in [0.05, 0.1) is 0 Å². The summed E-state index contributed by atoms with van der Waals surface area (Å²) in [6, 6.07) is 42.1. The van der Waals surface area contributed by atoms with Crippen molar-refractivity contribution >= 4 is 67.8 Å². The molecule has 2 aliphatic carbocycles. The van der Waals surface area contributed by atoms with Crippen molar-refractivity contribution in [2.45, 2.75) is 11.8 Å². The van der Waals surface area contributed by atoms with Gasteiger partial charge in [0.25, 0.3) is 0 Å². The second-order valence-corrected chi connectivity index (χ2v) is 23.1. The van der Waals surface area contributed by atoms with E-state index < -0.39 is 29.1 Å². The van der Waals surface area contributed by atoms with E-state index in [1.165, 1.54) is 55.9 Å². The van der Waals surface area contributed by atoms with Gasteiger partial charge in [-0.1, -0.05) is 0 Å². The molecule has 4 bridgehead atoms. The van der Waals surface area contributed by atoms with Gasteiger partial charge < -0.3 is 0 Å². The van der Waals surface area contributed by atoms with Crippen LogP contribution in [0.25, 0.3) is 12.2 Å². The van der Waals surface area contributed by atoms with Gasteiger partial charge in [0.15, 0.2) is 0 Å². The summed E-state index contributed by atoms with van der Waals surface area (Å²) >= 11 is 3.77. The molecule has 3 aliphatic rings. The van der Waals surface area contributed by atoms with E-state index in [-0.39, 0.29) is 11.8 Å². The fraction of sp³-hybridized carbons (Fsp3) is 0.105. The summed E-state index contributed by atoms with van der Waals surface area (Å²) in [6.45, 7) is 0. The molecule has 2 atom stereocenters. The fourth-order valence-corrected chi connectivity index (χ4v) is 19.8. The predicted octanol–water partition coefficient (Wildman–Crippen LogP) is 9.23. The Balaban J connectivity index is 1.54. The molecule has 0 saturated carbocycles. The van der Waals surface area contributed by atoms with Crippen LogP contribution in [0.2, 0.25) is 0 Å². The first kappa shape index (κ1) is 29.2. The van der Waals surface area contributed by atoms with E-state index in [9.17, 15) is 0 Å². The third-order valence-corrected chi connectivity index (χ3v) is 22.0. The van der Waals surface area contributed by atoms with Crippen LogP contribution in [0.3, 0.4) is 0 Å². The van der Waals surface area contributed by atoms with Gasteiger partial charge >= 0.3 is 285 Å². The molecule has 44 heavy (non-hydrogen) atoms. The van der Waals surface area contributed by atoms with Crippen molar-refractivity contribution in [2.24, 2.45) is 0 Å². The van der Waals surface area contributed by atoms with Crippen LogP contribution in [-0.4, -0.2) is 14.2 Å². The number of halogens is 2. The molecule has 0 fully saturated rings. The zero-order valence-electron chi connectivity index (χ0n) is 24.3.